The van der Waals surface area contributed by atoms with Gasteiger partial charge in [0.2, 0.25) is 5.75 Å². The van der Waals surface area contributed by atoms with E-state index in [-0.39, 0.29) is 17.9 Å². The topological polar surface area (TPSA) is 102 Å². The summed E-state index contributed by atoms with van der Waals surface area (Å²) in [5.41, 5.74) is 6.04. The molecule has 1 unspecified atom stereocenters. The molecule has 0 fully saturated rings. The zero-order valence-electron chi connectivity index (χ0n) is 9.05. The normalized spacial score (nSPS) is 15.4. The molecule has 1 aromatic rings. The number of hydrogen-bond acceptors (Lipinski definition) is 5. The Hall–Kier alpha value is -1.95. The fraction of sp³-hybridized carbons (Fsp3) is 0.364. The van der Waals surface area contributed by atoms with E-state index in [1.54, 1.807) is 12.1 Å². The fourth-order valence-electron chi connectivity index (χ4n) is 1.71. The van der Waals surface area contributed by atoms with Crippen molar-refractivity contribution in [2.24, 2.45) is 5.73 Å². The van der Waals surface area contributed by atoms with Crippen LogP contribution in [0.4, 0.5) is 0 Å². The van der Waals surface area contributed by atoms with E-state index in [4.69, 9.17) is 20.3 Å². The summed E-state index contributed by atoms with van der Waals surface area (Å²) in [6.07, 6.45) is -0.257. The van der Waals surface area contributed by atoms with Crippen molar-refractivity contribution in [3.8, 4) is 17.2 Å². The molecule has 6 nitrogen and oxygen atoms in total. The predicted molar refractivity (Wildman–Crippen MR) is 58.3 cm³/mol. The van der Waals surface area contributed by atoms with Gasteiger partial charge in [0.15, 0.2) is 11.5 Å². The average molecular weight is 239 g/mol. The van der Waals surface area contributed by atoms with E-state index in [1.807, 2.05) is 0 Å². The summed E-state index contributed by atoms with van der Waals surface area (Å²) in [5.74, 6) is -0.489. The highest BCUT2D eigenvalue weighted by atomic mass is 16.6. The quantitative estimate of drug-likeness (QED) is 0.715. The molecule has 1 heterocycles. The minimum absolute atomic E-state index is 0.143. The molecule has 4 N–H and O–H groups in total. The molecule has 0 saturated heterocycles. The van der Waals surface area contributed by atoms with Gasteiger partial charge in [-0.15, -0.1) is 0 Å². The third kappa shape index (κ3) is 2.26. The van der Waals surface area contributed by atoms with E-state index in [0.29, 0.717) is 24.5 Å². The van der Waals surface area contributed by atoms with Gasteiger partial charge < -0.3 is 25.4 Å². The van der Waals surface area contributed by atoms with Gasteiger partial charge >= 0.3 is 5.97 Å². The SMILES string of the molecule is NC(CC(=O)O)c1ccc2c(c1O)OCCO2. The number of nitrogens with two attached hydrogens (primary N) is 1. The van der Waals surface area contributed by atoms with Gasteiger partial charge in [-0.25, -0.2) is 0 Å². The van der Waals surface area contributed by atoms with Crippen LogP contribution in [-0.2, 0) is 4.79 Å². The van der Waals surface area contributed by atoms with Gasteiger partial charge in [-0.2, -0.15) is 0 Å². The lowest BCUT2D eigenvalue weighted by Gasteiger charge is -2.21. The van der Waals surface area contributed by atoms with Crippen LogP contribution in [0.3, 0.4) is 0 Å². The second-order valence-corrected chi connectivity index (χ2v) is 3.73. The number of carboxylic acids is 1. The number of phenols is 1. The molecule has 0 aromatic heterocycles. The van der Waals surface area contributed by atoms with E-state index in [2.05, 4.69) is 0 Å². The Morgan fingerprint density at radius 2 is 2.12 bits per heavy atom. The first-order valence-corrected chi connectivity index (χ1v) is 5.18. The highest BCUT2D eigenvalue weighted by Crippen LogP contribution is 2.42. The van der Waals surface area contributed by atoms with Gasteiger partial charge in [-0.1, -0.05) is 0 Å². The molecule has 6 heteroatoms. The largest absolute Gasteiger partial charge is 0.504 e. The summed E-state index contributed by atoms with van der Waals surface area (Å²) >= 11 is 0. The maximum absolute atomic E-state index is 10.6. The van der Waals surface area contributed by atoms with E-state index in [1.165, 1.54) is 0 Å². The molecule has 1 aromatic carbocycles. The highest BCUT2D eigenvalue weighted by Gasteiger charge is 2.22. The summed E-state index contributed by atoms with van der Waals surface area (Å²) in [5, 5.41) is 18.6. The molecule has 0 radical (unpaired) electrons. The van der Waals surface area contributed by atoms with Gasteiger partial charge in [0.1, 0.15) is 13.2 Å². The zero-order chi connectivity index (χ0) is 12.4. The zero-order valence-corrected chi connectivity index (χ0v) is 9.05. The van der Waals surface area contributed by atoms with Gasteiger partial charge in [0.25, 0.3) is 0 Å². The van der Waals surface area contributed by atoms with Crippen LogP contribution in [0, 0.1) is 0 Å². The predicted octanol–water partition coefficient (Wildman–Crippen LogP) is 0.638. The summed E-state index contributed by atoms with van der Waals surface area (Å²) in [7, 11) is 0. The van der Waals surface area contributed by atoms with Crippen LogP contribution in [0.1, 0.15) is 18.0 Å². The molecule has 17 heavy (non-hydrogen) atoms. The van der Waals surface area contributed by atoms with Crippen LogP contribution in [-0.4, -0.2) is 29.4 Å². The third-order valence-corrected chi connectivity index (χ3v) is 2.51. The Balaban J connectivity index is 2.32. The van der Waals surface area contributed by atoms with Crippen LogP contribution in [0.2, 0.25) is 0 Å². The molecule has 2 rings (SSSR count). The van der Waals surface area contributed by atoms with Crippen molar-refractivity contribution in [1.29, 1.82) is 0 Å². The van der Waals surface area contributed by atoms with Crippen LogP contribution in [0.25, 0.3) is 0 Å². The van der Waals surface area contributed by atoms with Crippen molar-refractivity contribution in [2.75, 3.05) is 13.2 Å². The lowest BCUT2D eigenvalue weighted by Crippen LogP contribution is -2.18. The summed E-state index contributed by atoms with van der Waals surface area (Å²) in [4.78, 5) is 10.6. The maximum Gasteiger partial charge on any atom is 0.305 e. The van der Waals surface area contributed by atoms with E-state index >= 15 is 0 Å². The van der Waals surface area contributed by atoms with Crippen LogP contribution >= 0.6 is 0 Å². The van der Waals surface area contributed by atoms with Gasteiger partial charge in [-0.3, -0.25) is 4.79 Å². The first-order chi connectivity index (χ1) is 8.09. The van der Waals surface area contributed by atoms with Crippen molar-refractivity contribution in [3.63, 3.8) is 0 Å². The van der Waals surface area contributed by atoms with Crippen molar-refractivity contribution < 1.29 is 24.5 Å². The number of hydrogen-bond donors (Lipinski definition) is 3. The van der Waals surface area contributed by atoms with E-state index in [0.717, 1.165) is 0 Å². The molecule has 0 amide bonds. The summed E-state index contributed by atoms with van der Waals surface area (Å²) in [6, 6.07) is 2.39. The third-order valence-electron chi connectivity index (χ3n) is 2.51. The number of ether oxygens (including phenoxy) is 2. The van der Waals surface area contributed by atoms with Crippen molar-refractivity contribution in [3.05, 3.63) is 17.7 Å². The molecular weight excluding hydrogens is 226 g/mol. The molecular formula is C11H13NO5. The maximum atomic E-state index is 10.6. The molecule has 0 bridgehead atoms. The Morgan fingerprint density at radius 3 is 2.82 bits per heavy atom. The minimum Gasteiger partial charge on any atom is -0.504 e. The molecule has 1 aliphatic heterocycles. The molecule has 1 aliphatic rings. The average Bonchev–Trinajstić information content (AvgIpc) is 2.28. The van der Waals surface area contributed by atoms with Crippen LogP contribution in [0.5, 0.6) is 17.2 Å². The minimum atomic E-state index is -1.02. The standard InChI is InChI=1S/C11H13NO5/c12-7(5-9(13)14)6-1-2-8-11(10(6)15)17-4-3-16-8/h1-2,7,15H,3-5,12H2,(H,13,14). The second kappa shape index (κ2) is 4.50. The lowest BCUT2D eigenvalue weighted by atomic mass is 10.0. The van der Waals surface area contributed by atoms with Gasteiger partial charge in [0, 0.05) is 11.6 Å². The number of phenolic OH excluding ortho intramolecular Hbond substituents is 1. The van der Waals surface area contributed by atoms with Gasteiger partial charge in [0.05, 0.1) is 6.42 Å². The van der Waals surface area contributed by atoms with E-state index in [9.17, 15) is 9.90 Å². The first-order valence-electron chi connectivity index (χ1n) is 5.18. The Labute approximate surface area is 97.6 Å². The number of aliphatic carboxylic acids is 1. The number of carbonyl (C=O) groups is 1. The van der Waals surface area contributed by atoms with E-state index < -0.39 is 12.0 Å². The summed E-state index contributed by atoms with van der Waals surface area (Å²) < 4.78 is 10.6. The highest BCUT2D eigenvalue weighted by molar-refractivity contribution is 5.68. The molecule has 1 atom stereocenters. The second-order valence-electron chi connectivity index (χ2n) is 3.73. The van der Waals surface area contributed by atoms with Crippen LogP contribution < -0.4 is 15.2 Å². The molecule has 0 saturated carbocycles. The van der Waals surface area contributed by atoms with Crippen molar-refractivity contribution in [2.45, 2.75) is 12.5 Å². The Bertz CT molecular complexity index is 446. The summed E-state index contributed by atoms with van der Waals surface area (Å²) in [6.45, 7) is 0.769. The monoisotopic (exact) mass is 239 g/mol. The van der Waals surface area contributed by atoms with Crippen molar-refractivity contribution >= 4 is 5.97 Å². The molecule has 92 valence electrons. The molecule has 0 spiro atoms. The lowest BCUT2D eigenvalue weighted by molar-refractivity contribution is -0.137. The van der Waals surface area contributed by atoms with Crippen LogP contribution in [0.15, 0.2) is 12.1 Å². The number of rotatable bonds is 3. The van der Waals surface area contributed by atoms with Crippen molar-refractivity contribution in [1.82, 2.24) is 0 Å². The van der Waals surface area contributed by atoms with Gasteiger partial charge in [-0.05, 0) is 12.1 Å². The fourth-order valence-corrected chi connectivity index (χ4v) is 1.71. The molecule has 0 aliphatic carbocycles. The number of benzene rings is 1. The Morgan fingerprint density at radius 1 is 1.41 bits per heavy atom. The Kier molecular flexibility index (Phi) is 3.06. The number of aromatic hydroxyl groups is 1. The first kappa shape index (κ1) is 11.5. The smallest absolute Gasteiger partial charge is 0.305 e. The number of fused-ring (bicyclic) bond motifs is 1. The number of carboxylic acid groups (broad SMARTS) is 1.